The number of hydrogen-bond donors (Lipinski definition) is 0. The number of amides is 1. The molecule has 0 radical (unpaired) electrons. The molecule has 0 aromatic heterocycles. The number of benzene rings is 1. The van der Waals surface area contributed by atoms with Crippen LogP contribution in [0.1, 0.15) is 52.2 Å². The minimum Gasteiger partial charge on any atom is -0.334 e. The van der Waals surface area contributed by atoms with Crippen molar-refractivity contribution in [3.05, 3.63) is 47.0 Å². The van der Waals surface area contributed by atoms with E-state index < -0.39 is 9.84 Å². The number of aryl methyl sites for hydroxylation is 1. The Hall–Kier alpha value is -1.62. The van der Waals surface area contributed by atoms with Crippen molar-refractivity contribution < 1.29 is 13.2 Å². The number of carbonyl (C=O) groups is 1. The van der Waals surface area contributed by atoms with E-state index in [1.165, 1.54) is 11.1 Å². The van der Waals surface area contributed by atoms with Gasteiger partial charge in [0.05, 0.1) is 17.4 Å². The molecule has 3 rings (SSSR count). The standard InChI is InChI=1S/C23H33NO3S/c1-6-17-7-9-18(10-8-17)14-24(19-11-12-28(26,27)15-19)22(25)21-20(13-16(2)3)23(21,4)5/h7-10,13,19-21H,6,11-12,14-15H2,1-5H3/t19-,20+,21-/m0/s1. The van der Waals surface area contributed by atoms with Crippen LogP contribution in [0.3, 0.4) is 0 Å². The Labute approximate surface area is 169 Å². The normalized spacial score (nSPS) is 27.2. The molecule has 2 fully saturated rings. The van der Waals surface area contributed by atoms with Gasteiger partial charge in [0.25, 0.3) is 0 Å². The Balaban J connectivity index is 1.86. The summed E-state index contributed by atoms with van der Waals surface area (Å²) in [4.78, 5) is 15.4. The van der Waals surface area contributed by atoms with Crippen LogP contribution in [0.15, 0.2) is 35.9 Å². The van der Waals surface area contributed by atoms with Gasteiger partial charge in [-0.3, -0.25) is 4.79 Å². The smallest absolute Gasteiger partial charge is 0.227 e. The van der Waals surface area contributed by atoms with Gasteiger partial charge in [0.1, 0.15) is 0 Å². The van der Waals surface area contributed by atoms with Crippen LogP contribution in [0.25, 0.3) is 0 Å². The Morgan fingerprint density at radius 2 is 1.79 bits per heavy atom. The van der Waals surface area contributed by atoms with E-state index in [1.54, 1.807) is 0 Å². The van der Waals surface area contributed by atoms with E-state index >= 15 is 0 Å². The summed E-state index contributed by atoms with van der Waals surface area (Å²) in [5, 5.41) is 0. The molecule has 28 heavy (non-hydrogen) atoms. The highest BCUT2D eigenvalue weighted by atomic mass is 32.2. The summed E-state index contributed by atoms with van der Waals surface area (Å²) in [7, 11) is -3.05. The number of carbonyl (C=O) groups excluding carboxylic acids is 1. The molecule has 0 N–H and O–H groups in total. The van der Waals surface area contributed by atoms with E-state index in [1.807, 2.05) is 4.90 Å². The maximum absolute atomic E-state index is 13.5. The van der Waals surface area contributed by atoms with Crippen LogP contribution >= 0.6 is 0 Å². The summed E-state index contributed by atoms with van der Waals surface area (Å²) in [6, 6.07) is 8.10. The van der Waals surface area contributed by atoms with Crippen molar-refractivity contribution >= 4 is 15.7 Å². The van der Waals surface area contributed by atoms with Crippen molar-refractivity contribution in [1.82, 2.24) is 4.90 Å². The number of nitrogens with zero attached hydrogens (tertiary/aromatic N) is 1. The molecule has 1 heterocycles. The van der Waals surface area contributed by atoms with Crippen LogP contribution in [0, 0.1) is 17.3 Å². The third-order valence-corrected chi connectivity index (χ3v) is 8.16. The van der Waals surface area contributed by atoms with Gasteiger partial charge in [-0.05, 0) is 49.1 Å². The molecule has 1 amide bonds. The van der Waals surface area contributed by atoms with Gasteiger partial charge in [0.2, 0.25) is 5.91 Å². The number of rotatable bonds is 6. The predicted octanol–water partition coefficient (Wildman–Crippen LogP) is 4.00. The summed E-state index contributed by atoms with van der Waals surface area (Å²) in [6.07, 6.45) is 3.72. The SMILES string of the molecule is CCc1ccc(CN(C(=O)[C@@H]2[C@@H](C=C(C)C)C2(C)C)[C@H]2CCS(=O)(=O)C2)cc1. The molecule has 3 atom stereocenters. The fourth-order valence-corrected chi connectivity index (χ4v) is 6.21. The zero-order chi connectivity index (χ0) is 20.7. The molecule has 1 aliphatic carbocycles. The zero-order valence-corrected chi connectivity index (χ0v) is 18.6. The van der Waals surface area contributed by atoms with E-state index in [0.717, 1.165) is 12.0 Å². The van der Waals surface area contributed by atoms with Gasteiger partial charge in [0, 0.05) is 12.6 Å². The maximum Gasteiger partial charge on any atom is 0.227 e. The third-order valence-electron chi connectivity index (χ3n) is 6.41. The van der Waals surface area contributed by atoms with E-state index in [2.05, 4.69) is 65.0 Å². The van der Waals surface area contributed by atoms with Gasteiger partial charge in [-0.15, -0.1) is 0 Å². The highest BCUT2D eigenvalue weighted by Gasteiger charge is 2.61. The average Bonchev–Trinajstić information content (AvgIpc) is 2.95. The first kappa shape index (κ1) is 21.1. The van der Waals surface area contributed by atoms with Crippen molar-refractivity contribution in [3.63, 3.8) is 0 Å². The quantitative estimate of drug-likeness (QED) is 0.675. The molecule has 1 aromatic rings. The first-order valence-corrected chi connectivity index (χ1v) is 12.1. The summed E-state index contributed by atoms with van der Waals surface area (Å²) in [5.74, 6) is 0.538. The second-order valence-electron chi connectivity index (χ2n) is 9.26. The average molecular weight is 404 g/mol. The fraction of sp³-hybridized carbons (Fsp3) is 0.609. The number of hydrogen-bond acceptors (Lipinski definition) is 3. The van der Waals surface area contributed by atoms with E-state index in [9.17, 15) is 13.2 Å². The topological polar surface area (TPSA) is 54.5 Å². The van der Waals surface area contributed by atoms with Crippen LogP contribution in [-0.4, -0.2) is 36.8 Å². The van der Waals surface area contributed by atoms with Crippen LogP contribution < -0.4 is 0 Å². The molecule has 1 aliphatic heterocycles. The molecule has 1 saturated heterocycles. The zero-order valence-electron chi connectivity index (χ0n) is 17.7. The number of sulfone groups is 1. The van der Waals surface area contributed by atoms with E-state index in [-0.39, 0.29) is 40.7 Å². The van der Waals surface area contributed by atoms with Gasteiger partial charge in [-0.2, -0.15) is 0 Å². The lowest BCUT2D eigenvalue weighted by Gasteiger charge is -2.29. The lowest BCUT2D eigenvalue weighted by molar-refractivity contribution is -0.136. The molecule has 1 aromatic carbocycles. The molecule has 4 nitrogen and oxygen atoms in total. The molecule has 0 spiro atoms. The third kappa shape index (κ3) is 4.35. The number of allylic oxidation sites excluding steroid dienone is 2. The first-order chi connectivity index (χ1) is 13.0. The Bertz CT molecular complexity index is 864. The Kier molecular flexibility index (Phi) is 5.77. The molecule has 0 unspecified atom stereocenters. The van der Waals surface area contributed by atoms with Gasteiger partial charge in [-0.1, -0.05) is 56.7 Å². The summed E-state index contributed by atoms with van der Waals surface area (Å²) in [5.41, 5.74) is 3.47. The van der Waals surface area contributed by atoms with Crippen LogP contribution in [-0.2, 0) is 27.6 Å². The molecular weight excluding hydrogens is 370 g/mol. The van der Waals surface area contributed by atoms with Gasteiger partial charge in [0.15, 0.2) is 9.84 Å². The second-order valence-corrected chi connectivity index (χ2v) is 11.5. The van der Waals surface area contributed by atoms with Crippen LogP contribution in [0.4, 0.5) is 0 Å². The Morgan fingerprint density at radius 1 is 1.18 bits per heavy atom. The summed E-state index contributed by atoms with van der Waals surface area (Å²) >= 11 is 0. The minimum absolute atomic E-state index is 0.0689. The van der Waals surface area contributed by atoms with Gasteiger partial charge >= 0.3 is 0 Å². The Morgan fingerprint density at radius 3 is 2.29 bits per heavy atom. The van der Waals surface area contributed by atoms with Crippen molar-refractivity contribution in [1.29, 1.82) is 0 Å². The van der Waals surface area contributed by atoms with E-state index in [4.69, 9.17) is 0 Å². The molecular formula is C23H33NO3S. The summed E-state index contributed by atoms with van der Waals surface area (Å²) < 4.78 is 24.2. The molecule has 5 heteroatoms. The van der Waals surface area contributed by atoms with Crippen molar-refractivity contribution in [3.8, 4) is 0 Å². The minimum atomic E-state index is -3.05. The molecule has 1 saturated carbocycles. The largest absolute Gasteiger partial charge is 0.334 e. The van der Waals surface area contributed by atoms with Crippen molar-refractivity contribution in [2.24, 2.45) is 17.3 Å². The van der Waals surface area contributed by atoms with Gasteiger partial charge < -0.3 is 4.90 Å². The highest BCUT2D eigenvalue weighted by Crippen LogP contribution is 2.60. The van der Waals surface area contributed by atoms with Crippen LogP contribution in [0.5, 0.6) is 0 Å². The lowest BCUT2D eigenvalue weighted by Crippen LogP contribution is -2.42. The van der Waals surface area contributed by atoms with E-state index in [0.29, 0.717) is 13.0 Å². The molecule has 2 aliphatic rings. The lowest BCUT2D eigenvalue weighted by atomic mass is 10.1. The fourth-order valence-electron chi connectivity index (χ4n) is 4.48. The first-order valence-electron chi connectivity index (χ1n) is 10.3. The second kappa shape index (κ2) is 7.66. The predicted molar refractivity (Wildman–Crippen MR) is 114 cm³/mol. The van der Waals surface area contributed by atoms with Crippen LogP contribution in [0.2, 0.25) is 0 Å². The maximum atomic E-state index is 13.5. The molecule has 0 bridgehead atoms. The van der Waals surface area contributed by atoms with Gasteiger partial charge in [-0.25, -0.2) is 8.42 Å². The monoisotopic (exact) mass is 403 g/mol. The highest BCUT2D eigenvalue weighted by molar-refractivity contribution is 7.91. The van der Waals surface area contributed by atoms with Crippen molar-refractivity contribution in [2.75, 3.05) is 11.5 Å². The molecule has 154 valence electrons. The van der Waals surface area contributed by atoms with Crippen molar-refractivity contribution in [2.45, 2.75) is 60.0 Å². The summed E-state index contributed by atoms with van der Waals surface area (Å²) in [6.45, 7) is 11.0.